The summed E-state index contributed by atoms with van der Waals surface area (Å²) in [5.41, 5.74) is 10.5. The third-order valence-corrected chi connectivity index (χ3v) is 4.23. The summed E-state index contributed by atoms with van der Waals surface area (Å²) >= 11 is 6.15. The summed E-state index contributed by atoms with van der Waals surface area (Å²) in [6.45, 7) is 1.95. The van der Waals surface area contributed by atoms with E-state index in [1.165, 1.54) is 5.56 Å². The predicted octanol–water partition coefficient (Wildman–Crippen LogP) is 3.65. The zero-order valence-corrected chi connectivity index (χ0v) is 12.6. The summed E-state index contributed by atoms with van der Waals surface area (Å²) in [6.07, 6.45) is 1.83. The fourth-order valence-corrected chi connectivity index (χ4v) is 3.15. The molecule has 0 heterocycles. The highest BCUT2D eigenvalue weighted by Gasteiger charge is 2.24. The zero-order valence-electron chi connectivity index (χ0n) is 11.8. The van der Waals surface area contributed by atoms with Gasteiger partial charge in [0.2, 0.25) is 0 Å². The molecule has 3 nitrogen and oxygen atoms in total. The number of carbonyl (C=O) groups is 1. The Morgan fingerprint density at radius 1 is 1.29 bits per heavy atom. The molecule has 0 aromatic heterocycles. The van der Waals surface area contributed by atoms with Crippen molar-refractivity contribution < 1.29 is 4.79 Å². The van der Waals surface area contributed by atoms with Crippen LogP contribution in [-0.4, -0.2) is 5.91 Å². The van der Waals surface area contributed by atoms with E-state index in [1.807, 2.05) is 31.2 Å². The van der Waals surface area contributed by atoms with Crippen LogP contribution in [0.15, 0.2) is 36.4 Å². The smallest absolute Gasteiger partial charge is 0.253 e. The number of nitrogen functional groups attached to an aromatic ring is 1. The molecular weight excluding hydrogens is 284 g/mol. The lowest BCUT2D eigenvalue weighted by molar-refractivity contribution is 0.0937. The molecule has 1 aliphatic rings. The van der Waals surface area contributed by atoms with Gasteiger partial charge in [0.1, 0.15) is 0 Å². The molecule has 3 N–H and O–H groups in total. The fourth-order valence-electron chi connectivity index (χ4n) is 2.83. The highest BCUT2D eigenvalue weighted by molar-refractivity contribution is 6.33. The molecule has 2 aromatic carbocycles. The fraction of sp³-hybridized carbons (Fsp3) is 0.235. The molecule has 108 valence electrons. The number of benzene rings is 2. The lowest BCUT2D eigenvalue weighted by Gasteiger charge is -2.15. The van der Waals surface area contributed by atoms with Crippen molar-refractivity contribution >= 4 is 23.2 Å². The second-order valence-corrected chi connectivity index (χ2v) is 5.91. The second-order valence-electron chi connectivity index (χ2n) is 5.51. The zero-order chi connectivity index (χ0) is 15.0. The largest absolute Gasteiger partial charge is 0.399 e. The molecule has 21 heavy (non-hydrogen) atoms. The molecule has 3 rings (SSSR count). The molecule has 0 saturated carbocycles. The normalized spacial score (nSPS) is 16.6. The van der Waals surface area contributed by atoms with Crippen molar-refractivity contribution in [1.29, 1.82) is 0 Å². The Morgan fingerprint density at radius 3 is 2.86 bits per heavy atom. The molecule has 0 aliphatic heterocycles. The molecular formula is C17H17ClN2O. The molecule has 0 saturated heterocycles. The van der Waals surface area contributed by atoms with E-state index in [0.29, 0.717) is 10.6 Å². The minimum Gasteiger partial charge on any atom is -0.399 e. The molecule has 2 aromatic rings. The van der Waals surface area contributed by atoms with Crippen LogP contribution in [0.4, 0.5) is 5.69 Å². The summed E-state index contributed by atoms with van der Waals surface area (Å²) in [7, 11) is 0. The summed E-state index contributed by atoms with van der Waals surface area (Å²) in [6, 6.07) is 11.4. The lowest BCUT2D eigenvalue weighted by atomic mass is 10.1. The first-order valence-corrected chi connectivity index (χ1v) is 7.37. The van der Waals surface area contributed by atoms with Crippen LogP contribution in [0.5, 0.6) is 0 Å². The van der Waals surface area contributed by atoms with Crippen LogP contribution in [0.2, 0.25) is 5.02 Å². The van der Waals surface area contributed by atoms with E-state index in [1.54, 1.807) is 12.1 Å². The minimum atomic E-state index is -0.130. The van der Waals surface area contributed by atoms with Gasteiger partial charge in [-0.1, -0.05) is 23.7 Å². The molecule has 0 fully saturated rings. The summed E-state index contributed by atoms with van der Waals surface area (Å²) in [4.78, 5) is 12.4. The number of nitrogens with one attached hydrogen (secondary N) is 1. The van der Waals surface area contributed by atoms with E-state index >= 15 is 0 Å². The average Bonchev–Trinajstić information content (AvgIpc) is 2.80. The number of anilines is 1. The van der Waals surface area contributed by atoms with Gasteiger partial charge in [0.25, 0.3) is 5.91 Å². The number of amides is 1. The van der Waals surface area contributed by atoms with Gasteiger partial charge >= 0.3 is 0 Å². The SMILES string of the molecule is Cc1ccc(C(=O)NC2CCc3cc(N)ccc32)c(Cl)c1. The number of halogens is 1. The number of carbonyl (C=O) groups excluding carboxylic acids is 1. The first-order valence-electron chi connectivity index (χ1n) is 7.00. The third kappa shape index (κ3) is 2.74. The monoisotopic (exact) mass is 300 g/mol. The maximum atomic E-state index is 12.4. The molecule has 1 atom stereocenters. The van der Waals surface area contributed by atoms with Crippen LogP contribution in [0.1, 0.15) is 39.5 Å². The predicted molar refractivity (Wildman–Crippen MR) is 85.6 cm³/mol. The number of hydrogen-bond donors (Lipinski definition) is 2. The van der Waals surface area contributed by atoms with Crippen molar-refractivity contribution in [3.05, 3.63) is 63.7 Å². The van der Waals surface area contributed by atoms with Crippen molar-refractivity contribution in [1.82, 2.24) is 5.32 Å². The van der Waals surface area contributed by atoms with E-state index in [4.69, 9.17) is 17.3 Å². The minimum absolute atomic E-state index is 0.0328. The summed E-state index contributed by atoms with van der Waals surface area (Å²) in [5.74, 6) is -0.130. The van der Waals surface area contributed by atoms with Gasteiger partial charge in [-0.3, -0.25) is 4.79 Å². The van der Waals surface area contributed by atoms with Crippen molar-refractivity contribution in [2.24, 2.45) is 0 Å². The standard InChI is InChI=1S/C17H17ClN2O/c1-10-2-5-14(15(18)8-10)17(21)20-16-7-3-11-9-12(19)4-6-13(11)16/h2,4-6,8-9,16H,3,7,19H2,1H3,(H,20,21). The van der Waals surface area contributed by atoms with E-state index in [9.17, 15) is 4.79 Å². The van der Waals surface area contributed by atoms with Gasteiger partial charge in [0.15, 0.2) is 0 Å². The average molecular weight is 301 g/mol. The van der Waals surface area contributed by atoms with Crippen molar-refractivity contribution in [3.8, 4) is 0 Å². The van der Waals surface area contributed by atoms with Crippen LogP contribution in [0.25, 0.3) is 0 Å². The highest BCUT2D eigenvalue weighted by Crippen LogP contribution is 2.32. The Morgan fingerprint density at radius 2 is 2.10 bits per heavy atom. The van der Waals surface area contributed by atoms with Gasteiger partial charge in [-0.25, -0.2) is 0 Å². The van der Waals surface area contributed by atoms with Gasteiger partial charge in [-0.05, 0) is 60.7 Å². The molecule has 4 heteroatoms. The summed E-state index contributed by atoms with van der Waals surface area (Å²) < 4.78 is 0. The maximum absolute atomic E-state index is 12.4. The van der Waals surface area contributed by atoms with Crippen LogP contribution in [0, 0.1) is 6.92 Å². The second kappa shape index (κ2) is 5.41. The highest BCUT2D eigenvalue weighted by atomic mass is 35.5. The van der Waals surface area contributed by atoms with Crippen molar-refractivity contribution in [2.75, 3.05) is 5.73 Å². The van der Waals surface area contributed by atoms with E-state index in [0.717, 1.165) is 29.7 Å². The van der Waals surface area contributed by atoms with Crippen molar-refractivity contribution in [2.45, 2.75) is 25.8 Å². The number of fused-ring (bicyclic) bond motifs is 1. The molecule has 0 radical (unpaired) electrons. The van der Waals surface area contributed by atoms with Gasteiger partial charge < -0.3 is 11.1 Å². The van der Waals surface area contributed by atoms with Crippen LogP contribution in [0.3, 0.4) is 0 Å². The van der Waals surface area contributed by atoms with Gasteiger partial charge in [0, 0.05) is 5.69 Å². The molecule has 1 unspecified atom stereocenters. The Labute approximate surface area is 129 Å². The lowest BCUT2D eigenvalue weighted by Crippen LogP contribution is -2.27. The molecule has 0 spiro atoms. The van der Waals surface area contributed by atoms with E-state index in [-0.39, 0.29) is 11.9 Å². The Bertz CT molecular complexity index is 712. The Hall–Kier alpha value is -2.00. The van der Waals surface area contributed by atoms with Crippen LogP contribution in [-0.2, 0) is 6.42 Å². The van der Waals surface area contributed by atoms with Gasteiger partial charge in [-0.15, -0.1) is 0 Å². The van der Waals surface area contributed by atoms with Crippen LogP contribution < -0.4 is 11.1 Å². The number of nitrogens with two attached hydrogens (primary N) is 1. The maximum Gasteiger partial charge on any atom is 0.253 e. The topological polar surface area (TPSA) is 55.1 Å². The third-order valence-electron chi connectivity index (χ3n) is 3.92. The first-order chi connectivity index (χ1) is 10.0. The number of hydrogen-bond acceptors (Lipinski definition) is 2. The summed E-state index contributed by atoms with van der Waals surface area (Å²) in [5, 5.41) is 3.56. The van der Waals surface area contributed by atoms with Gasteiger partial charge in [0.05, 0.1) is 16.6 Å². The first kappa shape index (κ1) is 14.0. The quantitative estimate of drug-likeness (QED) is 0.832. The molecule has 1 aliphatic carbocycles. The van der Waals surface area contributed by atoms with E-state index < -0.39 is 0 Å². The van der Waals surface area contributed by atoms with E-state index in [2.05, 4.69) is 5.32 Å². The van der Waals surface area contributed by atoms with Gasteiger partial charge in [-0.2, -0.15) is 0 Å². The number of rotatable bonds is 2. The molecule has 0 bridgehead atoms. The van der Waals surface area contributed by atoms with Crippen molar-refractivity contribution in [3.63, 3.8) is 0 Å². The van der Waals surface area contributed by atoms with Crippen LogP contribution >= 0.6 is 11.6 Å². The number of aryl methyl sites for hydroxylation is 2. The Kier molecular flexibility index (Phi) is 3.60. The molecule has 1 amide bonds. The Balaban J connectivity index is 1.81.